The second-order valence-electron chi connectivity index (χ2n) is 5.28. The first-order valence-electron chi connectivity index (χ1n) is 7.28. The van der Waals surface area contributed by atoms with Crippen LogP contribution in [0.3, 0.4) is 0 Å². The number of rotatable bonds is 5. The molecule has 3 aromatic rings. The van der Waals surface area contributed by atoms with Crippen molar-refractivity contribution in [2.45, 2.75) is 19.8 Å². The van der Waals surface area contributed by atoms with Gasteiger partial charge in [0, 0.05) is 16.7 Å². The third-order valence-electron chi connectivity index (χ3n) is 3.80. The Morgan fingerprint density at radius 2 is 2.04 bits per heavy atom. The lowest BCUT2D eigenvalue weighted by atomic mass is 10.1. The van der Waals surface area contributed by atoms with E-state index in [2.05, 4.69) is 10.6 Å². The van der Waals surface area contributed by atoms with Gasteiger partial charge in [0.1, 0.15) is 0 Å². The standard InChI is InChI=1S/C18H16ClNO2S/c1-12-14(19)4-2-5-15(12)20-13(8-10-18(21)22)7-9-16(20)17-6-3-11-23-17/h2-7,9,11H,8,10H2,1H3,(H,21,22)/p-1. The molecule has 118 valence electrons. The summed E-state index contributed by atoms with van der Waals surface area (Å²) in [5.41, 5.74) is 3.92. The fourth-order valence-corrected chi connectivity index (χ4v) is 3.55. The van der Waals surface area contributed by atoms with E-state index >= 15 is 0 Å². The van der Waals surface area contributed by atoms with E-state index in [-0.39, 0.29) is 6.42 Å². The van der Waals surface area contributed by atoms with Gasteiger partial charge in [0.25, 0.3) is 0 Å². The zero-order valence-corrected chi connectivity index (χ0v) is 14.2. The second kappa shape index (κ2) is 6.60. The minimum Gasteiger partial charge on any atom is -0.550 e. The molecule has 2 aromatic heterocycles. The van der Waals surface area contributed by atoms with Crippen LogP contribution in [0.4, 0.5) is 0 Å². The zero-order valence-electron chi connectivity index (χ0n) is 12.6. The van der Waals surface area contributed by atoms with E-state index in [1.165, 1.54) is 0 Å². The predicted octanol–water partition coefficient (Wildman–Crippen LogP) is 3.85. The molecule has 2 heterocycles. The molecule has 0 aliphatic rings. The minimum absolute atomic E-state index is 0.00644. The monoisotopic (exact) mass is 344 g/mol. The van der Waals surface area contributed by atoms with Gasteiger partial charge in [0.15, 0.2) is 0 Å². The van der Waals surface area contributed by atoms with Crippen LogP contribution in [0.5, 0.6) is 0 Å². The normalized spacial score (nSPS) is 10.9. The minimum atomic E-state index is -1.04. The van der Waals surface area contributed by atoms with Crippen molar-refractivity contribution in [3.63, 3.8) is 0 Å². The molecule has 0 aliphatic heterocycles. The van der Waals surface area contributed by atoms with Crippen molar-refractivity contribution in [3.8, 4) is 16.3 Å². The van der Waals surface area contributed by atoms with Gasteiger partial charge in [0.05, 0.1) is 16.3 Å². The Morgan fingerprint density at radius 3 is 2.74 bits per heavy atom. The fourth-order valence-electron chi connectivity index (χ4n) is 2.64. The van der Waals surface area contributed by atoms with Gasteiger partial charge < -0.3 is 14.5 Å². The molecule has 0 unspecified atom stereocenters. The van der Waals surface area contributed by atoms with Crippen LogP contribution in [0.1, 0.15) is 17.7 Å². The summed E-state index contributed by atoms with van der Waals surface area (Å²) >= 11 is 7.92. The summed E-state index contributed by atoms with van der Waals surface area (Å²) < 4.78 is 2.09. The molecule has 0 amide bonds. The highest BCUT2D eigenvalue weighted by molar-refractivity contribution is 7.13. The van der Waals surface area contributed by atoms with Crippen molar-refractivity contribution in [1.82, 2.24) is 4.57 Å². The van der Waals surface area contributed by atoms with Gasteiger partial charge in [-0.3, -0.25) is 0 Å². The van der Waals surface area contributed by atoms with E-state index in [4.69, 9.17) is 11.6 Å². The molecule has 0 saturated heterocycles. The van der Waals surface area contributed by atoms with Crippen molar-refractivity contribution in [2.75, 3.05) is 0 Å². The SMILES string of the molecule is Cc1c(Cl)cccc1-n1c(CCC(=O)[O-])ccc1-c1cccs1. The first kappa shape index (κ1) is 15.8. The van der Waals surface area contributed by atoms with Crippen LogP contribution < -0.4 is 5.11 Å². The number of halogens is 1. The van der Waals surface area contributed by atoms with Crippen molar-refractivity contribution in [1.29, 1.82) is 0 Å². The fraction of sp³-hybridized carbons (Fsp3) is 0.167. The number of nitrogens with zero attached hydrogens (tertiary/aromatic N) is 1. The summed E-state index contributed by atoms with van der Waals surface area (Å²) in [6.45, 7) is 1.97. The number of thiophene rings is 1. The van der Waals surface area contributed by atoms with E-state index in [9.17, 15) is 9.90 Å². The van der Waals surface area contributed by atoms with Gasteiger partial charge in [-0.2, -0.15) is 0 Å². The number of carboxylic acid groups (broad SMARTS) is 1. The lowest BCUT2D eigenvalue weighted by molar-refractivity contribution is -0.305. The third-order valence-corrected chi connectivity index (χ3v) is 5.10. The summed E-state index contributed by atoms with van der Waals surface area (Å²) in [5, 5.41) is 13.6. The number of aromatic nitrogens is 1. The topological polar surface area (TPSA) is 45.1 Å². The van der Waals surface area contributed by atoms with Crippen LogP contribution in [0.15, 0.2) is 47.8 Å². The van der Waals surface area contributed by atoms with Crippen LogP contribution in [-0.4, -0.2) is 10.5 Å². The van der Waals surface area contributed by atoms with Crippen molar-refractivity contribution in [3.05, 3.63) is 64.1 Å². The molecule has 5 heteroatoms. The van der Waals surface area contributed by atoms with E-state index in [0.717, 1.165) is 27.5 Å². The molecular weight excluding hydrogens is 330 g/mol. The number of carbonyl (C=O) groups excluding carboxylic acids is 1. The third kappa shape index (κ3) is 3.19. The molecule has 0 aliphatic carbocycles. The smallest absolute Gasteiger partial charge is 0.0631 e. The summed E-state index contributed by atoms with van der Waals surface area (Å²) in [4.78, 5) is 12.0. The molecule has 0 N–H and O–H groups in total. The highest BCUT2D eigenvalue weighted by Gasteiger charge is 2.15. The molecule has 0 radical (unpaired) electrons. The Kier molecular flexibility index (Phi) is 4.55. The van der Waals surface area contributed by atoms with Crippen molar-refractivity contribution >= 4 is 28.9 Å². The highest BCUT2D eigenvalue weighted by Crippen LogP contribution is 2.33. The van der Waals surface area contributed by atoms with Gasteiger partial charge >= 0.3 is 0 Å². The van der Waals surface area contributed by atoms with Crippen LogP contribution >= 0.6 is 22.9 Å². The van der Waals surface area contributed by atoms with Gasteiger partial charge in [-0.1, -0.05) is 23.7 Å². The number of carboxylic acids is 1. The summed E-state index contributed by atoms with van der Waals surface area (Å²) in [6, 6.07) is 13.8. The molecule has 0 bridgehead atoms. The van der Waals surface area contributed by atoms with Crippen LogP contribution in [0, 0.1) is 6.92 Å². The predicted molar refractivity (Wildman–Crippen MR) is 92.2 cm³/mol. The first-order chi connectivity index (χ1) is 11.1. The Morgan fingerprint density at radius 1 is 1.22 bits per heavy atom. The van der Waals surface area contributed by atoms with Crippen molar-refractivity contribution < 1.29 is 9.90 Å². The molecule has 0 saturated carbocycles. The Labute approximate surface area is 143 Å². The molecule has 0 fully saturated rings. The first-order valence-corrected chi connectivity index (χ1v) is 8.53. The molecule has 3 nitrogen and oxygen atoms in total. The molecule has 0 spiro atoms. The van der Waals surface area contributed by atoms with E-state index in [0.29, 0.717) is 11.4 Å². The molecule has 1 aromatic carbocycles. The van der Waals surface area contributed by atoms with E-state index in [1.54, 1.807) is 11.3 Å². The average Bonchev–Trinajstić information content (AvgIpc) is 3.16. The zero-order chi connectivity index (χ0) is 16.4. The lowest BCUT2D eigenvalue weighted by Gasteiger charge is -2.16. The van der Waals surface area contributed by atoms with Gasteiger partial charge in [-0.15, -0.1) is 11.3 Å². The molecule has 3 rings (SSSR count). The number of aliphatic carboxylic acids is 1. The number of aryl methyl sites for hydroxylation is 1. The number of hydrogen-bond acceptors (Lipinski definition) is 3. The van der Waals surface area contributed by atoms with Gasteiger partial charge in [0.2, 0.25) is 0 Å². The lowest BCUT2D eigenvalue weighted by Crippen LogP contribution is -2.22. The quantitative estimate of drug-likeness (QED) is 0.705. The van der Waals surface area contributed by atoms with Crippen LogP contribution in [0.25, 0.3) is 16.3 Å². The molecule has 23 heavy (non-hydrogen) atoms. The van der Waals surface area contributed by atoms with Crippen LogP contribution in [-0.2, 0) is 11.2 Å². The number of benzene rings is 1. The van der Waals surface area contributed by atoms with Crippen LogP contribution in [0.2, 0.25) is 5.02 Å². The van der Waals surface area contributed by atoms with E-state index < -0.39 is 5.97 Å². The highest BCUT2D eigenvalue weighted by atomic mass is 35.5. The second-order valence-corrected chi connectivity index (χ2v) is 6.63. The van der Waals surface area contributed by atoms with Gasteiger partial charge in [-0.25, -0.2) is 0 Å². The molecular formula is C18H15ClNO2S-. The van der Waals surface area contributed by atoms with Gasteiger partial charge in [-0.05, 0) is 61.0 Å². The summed E-state index contributed by atoms with van der Waals surface area (Å²) in [6.07, 6.45) is 0.410. The Hall–Kier alpha value is -2.04. The maximum absolute atomic E-state index is 10.8. The van der Waals surface area contributed by atoms with Crippen molar-refractivity contribution in [2.24, 2.45) is 0 Å². The number of carbonyl (C=O) groups is 1. The largest absolute Gasteiger partial charge is 0.550 e. The summed E-state index contributed by atoms with van der Waals surface area (Å²) in [5.74, 6) is -1.04. The maximum atomic E-state index is 10.8. The molecule has 0 atom stereocenters. The Balaban J connectivity index is 2.16. The number of hydrogen-bond donors (Lipinski definition) is 0. The maximum Gasteiger partial charge on any atom is 0.0631 e. The van der Waals surface area contributed by atoms with E-state index in [1.807, 2.05) is 48.7 Å². The summed E-state index contributed by atoms with van der Waals surface area (Å²) in [7, 11) is 0. The Bertz CT molecular complexity index is 837. The average molecular weight is 345 g/mol.